The third kappa shape index (κ3) is 4.03. The standard InChI is InChI=1S/C14H21F3N2O/c1-4-10(2)19(7-8-20-3)13-6-5-11(9-12(13)18)14(15,16)17/h5-6,9-10H,4,7-8,18H2,1-3H3. The minimum atomic E-state index is -4.37. The highest BCUT2D eigenvalue weighted by Gasteiger charge is 2.31. The zero-order valence-electron chi connectivity index (χ0n) is 12.0. The van der Waals surface area contributed by atoms with E-state index in [1.807, 2.05) is 18.7 Å². The van der Waals surface area contributed by atoms with Gasteiger partial charge in [0, 0.05) is 19.7 Å². The zero-order valence-corrected chi connectivity index (χ0v) is 12.0. The van der Waals surface area contributed by atoms with E-state index in [9.17, 15) is 13.2 Å². The summed E-state index contributed by atoms with van der Waals surface area (Å²) >= 11 is 0. The first kappa shape index (κ1) is 16.6. The molecule has 20 heavy (non-hydrogen) atoms. The van der Waals surface area contributed by atoms with Crippen molar-refractivity contribution in [1.82, 2.24) is 0 Å². The molecule has 3 nitrogen and oxygen atoms in total. The second kappa shape index (κ2) is 6.83. The monoisotopic (exact) mass is 290 g/mol. The molecule has 0 spiro atoms. The summed E-state index contributed by atoms with van der Waals surface area (Å²) in [6.07, 6.45) is -3.51. The summed E-state index contributed by atoms with van der Waals surface area (Å²) in [5, 5.41) is 0. The molecule has 1 unspecified atom stereocenters. The summed E-state index contributed by atoms with van der Waals surface area (Å²) in [4.78, 5) is 1.97. The van der Waals surface area contributed by atoms with Crippen molar-refractivity contribution in [3.8, 4) is 0 Å². The maximum Gasteiger partial charge on any atom is 0.416 e. The molecule has 1 atom stereocenters. The van der Waals surface area contributed by atoms with Gasteiger partial charge in [0.15, 0.2) is 0 Å². The van der Waals surface area contributed by atoms with E-state index in [4.69, 9.17) is 10.5 Å². The Balaban J connectivity index is 3.08. The van der Waals surface area contributed by atoms with Crippen molar-refractivity contribution in [2.45, 2.75) is 32.5 Å². The van der Waals surface area contributed by atoms with Gasteiger partial charge in [-0.25, -0.2) is 0 Å². The minimum Gasteiger partial charge on any atom is -0.397 e. The van der Waals surface area contributed by atoms with Crippen molar-refractivity contribution in [2.75, 3.05) is 30.9 Å². The number of methoxy groups -OCH3 is 1. The van der Waals surface area contributed by atoms with Gasteiger partial charge in [-0.15, -0.1) is 0 Å². The fourth-order valence-corrected chi connectivity index (χ4v) is 1.98. The number of nitrogen functional groups attached to an aromatic ring is 1. The third-order valence-corrected chi connectivity index (χ3v) is 3.32. The van der Waals surface area contributed by atoms with Crippen LogP contribution in [0.2, 0.25) is 0 Å². The molecular weight excluding hydrogens is 269 g/mol. The van der Waals surface area contributed by atoms with Crippen molar-refractivity contribution >= 4 is 11.4 Å². The van der Waals surface area contributed by atoms with E-state index < -0.39 is 11.7 Å². The first-order chi connectivity index (χ1) is 9.31. The molecule has 0 bridgehead atoms. The Morgan fingerprint density at radius 2 is 2.00 bits per heavy atom. The van der Waals surface area contributed by atoms with Crippen molar-refractivity contribution in [2.24, 2.45) is 0 Å². The Morgan fingerprint density at radius 3 is 2.45 bits per heavy atom. The number of halogens is 3. The lowest BCUT2D eigenvalue weighted by Crippen LogP contribution is -2.36. The fourth-order valence-electron chi connectivity index (χ4n) is 1.98. The predicted octanol–water partition coefficient (Wildman–Crippen LogP) is 3.54. The van der Waals surface area contributed by atoms with Gasteiger partial charge in [-0.2, -0.15) is 13.2 Å². The van der Waals surface area contributed by atoms with Crippen LogP contribution in [-0.4, -0.2) is 26.3 Å². The van der Waals surface area contributed by atoms with Gasteiger partial charge >= 0.3 is 6.18 Å². The topological polar surface area (TPSA) is 38.5 Å². The second-order valence-electron chi connectivity index (χ2n) is 4.71. The number of nitrogens with two attached hydrogens (primary N) is 1. The molecule has 1 rings (SSSR count). The zero-order chi connectivity index (χ0) is 15.3. The molecule has 1 aromatic rings. The first-order valence-electron chi connectivity index (χ1n) is 6.53. The number of nitrogens with zero attached hydrogens (tertiary/aromatic N) is 1. The quantitative estimate of drug-likeness (QED) is 0.814. The van der Waals surface area contributed by atoms with Crippen LogP contribution in [-0.2, 0) is 10.9 Å². The highest BCUT2D eigenvalue weighted by atomic mass is 19.4. The molecule has 0 aliphatic heterocycles. The van der Waals surface area contributed by atoms with E-state index in [1.165, 1.54) is 6.07 Å². The number of rotatable bonds is 6. The molecule has 0 aliphatic rings. The highest BCUT2D eigenvalue weighted by molar-refractivity contribution is 5.69. The summed E-state index contributed by atoms with van der Waals surface area (Å²) < 4.78 is 43.0. The molecule has 0 amide bonds. The third-order valence-electron chi connectivity index (χ3n) is 3.32. The van der Waals surface area contributed by atoms with Gasteiger partial charge in [-0.05, 0) is 31.5 Å². The van der Waals surface area contributed by atoms with Crippen LogP contribution >= 0.6 is 0 Å². The van der Waals surface area contributed by atoms with E-state index >= 15 is 0 Å². The molecule has 2 N–H and O–H groups in total. The van der Waals surface area contributed by atoms with Crippen LogP contribution in [0, 0.1) is 0 Å². The van der Waals surface area contributed by atoms with Crippen LogP contribution < -0.4 is 10.6 Å². The average Bonchev–Trinajstić information content (AvgIpc) is 2.39. The molecule has 0 aromatic heterocycles. The van der Waals surface area contributed by atoms with Gasteiger partial charge in [-0.1, -0.05) is 6.92 Å². The summed E-state index contributed by atoms with van der Waals surface area (Å²) in [5.74, 6) is 0. The van der Waals surface area contributed by atoms with Crippen molar-refractivity contribution < 1.29 is 17.9 Å². The summed E-state index contributed by atoms with van der Waals surface area (Å²) in [6.45, 7) is 5.10. The van der Waals surface area contributed by atoms with Crippen LogP contribution in [0.5, 0.6) is 0 Å². The summed E-state index contributed by atoms with van der Waals surface area (Å²) in [6, 6.07) is 3.65. The van der Waals surface area contributed by atoms with E-state index in [0.29, 0.717) is 18.8 Å². The molecular formula is C14H21F3N2O. The van der Waals surface area contributed by atoms with Crippen LogP contribution in [0.4, 0.5) is 24.5 Å². The largest absolute Gasteiger partial charge is 0.416 e. The maximum atomic E-state index is 12.6. The van der Waals surface area contributed by atoms with Crippen molar-refractivity contribution in [1.29, 1.82) is 0 Å². The molecule has 0 fully saturated rings. The normalized spacial score (nSPS) is 13.3. The van der Waals surface area contributed by atoms with Crippen LogP contribution in [0.1, 0.15) is 25.8 Å². The molecule has 0 saturated heterocycles. The number of hydrogen-bond acceptors (Lipinski definition) is 3. The minimum absolute atomic E-state index is 0.135. The molecule has 0 saturated carbocycles. The fraction of sp³-hybridized carbons (Fsp3) is 0.571. The highest BCUT2D eigenvalue weighted by Crippen LogP contribution is 2.34. The average molecular weight is 290 g/mol. The van der Waals surface area contributed by atoms with E-state index in [0.717, 1.165) is 18.6 Å². The lowest BCUT2D eigenvalue weighted by Gasteiger charge is -2.32. The molecule has 0 radical (unpaired) electrons. The van der Waals surface area contributed by atoms with Crippen molar-refractivity contribution in [3.05, 3.63) is 23.8 Å². The van der Waals surface area contributed by atoms with Gasteiger partial charge in [0.25, 0.3) is 0 Å². The van der Waals surface area contributed by atoms with Gasteiger partial charge in [0.1, 0.15) is 0 Å². The van der Waals surface area contributed by atoms with Crippen molar-refractivity contribution in [3.63, 3.8) is 0 Å². The van der Waals surface area contributed by atoms with E-state index in [-0.39, 0.29) is 11.7 Å². The van der Waals surface area contributed by atoms with Gasteiger partial charge in [0.2, 0.25) is 0 Å². The van der Waals surface area contributed by atoms with Gasteiger partial charge < -0.3 is 15.4 Å². The Morgan fingerprint density at radius 1 is 1.35 bits per heavy atom. The van der Waals surface area contributed by atoms with Crippen LogP contribution in [0.15, 0.2) is 18.2 Å². The maximum absolute atomic E-state index is 12.6. The molecule has 0 aliphatic carbocycles. The smallest absolute Gasteiger partial charge is 0.397 e. The Labute approximate surface area is 117 Å². The predicted molar refractivity (Wildman–Crippen MR) is 74.8 cm³/mol. The van der Waals surface area contributed by atoms with Gasteiger partial charge in [-0.3, -0.25) is 0 Å². The van der Waals surface area contributed by atoms with E-state index in [2.05, 4.69) is 0 Å². The SMILES string of the molecule is CCC(C)N(CCOC)c1ccc(C(F)(F)F)cc1N. The Hall–Kier alpha value is -1.43. The van der Waals surface area contributed by atoms with E-state index in [1.54, 1.807) is 7.11 Å². The number of anilines is 2. The lowest BCUT2D eigenvalue weighted by atomic mass is 10.1. The molecule has 0 heterocycles. The molecule has 114 valence electrons. The number of ether oxygens (including phenoxy) is 1. The lowest BCUT2D eigenvalue weighted by molar-refractivity contribution is -0.137. The molecule has 1 aromatic carbocycles. The molecule has 6 heteroatoms. The van der Waals surface area contributed by atoms with Gasteiger partial charge in [0.05, 0.1) is 23.5 Å². The number of alkyl halides is 3. The second-order valence-corrected chi connectivity index (χ2v) is 4.71. The number of benzene rings is 1. The number of hydrogen-bond donors (Lipinski definition) is 1. The Kier molecular flexibility index (Phi) is 5.68. The van der Waals surface area contributed by atoms with Crippen LogP contribution in [0.25, 0.3) is 0 Å². The first-order valence-corrected chi connectivity index (χ1v) is 6.53. The summed E-state index contributed by atoms with van der Waals surface area (Å²) in [5.41, 5.74) is 5.82. The Bertz CT molecular complexity index is 435. The van der Waals surface area contributed by atoms with Crippen LogP contribution in [0.3, 0.4) is 0 Å². The summed E-state index contributed by atoms with van der Waals surface area (Å²) in [7, 11) is 1.59.